The quantitative estimate of drug-likeness (QED) is 0.742. The Labute approximate surface area is 103 Å². The van der Waals surface area contributed by atoms with E-state index in [0.717, 1.165) is 16.9 Å². The van der Waals surface area contributed by atoms with Gasteiger partial charge in [-0.3, -0.25) is 9.89 Å². The van der Waals surface area contributed by atoms with Crippen molar-refractivity contribution in [2.75, 3.05) is 7.11 Å². The number of ether oxygens (including phenoxy) is 1. The minimum atomic E-state index is -0.167. The van der Waals surface area contributed by atoms with Gasteiger partial charge in [0.05, 0.1) is 7.11 Å². The molecule has 0 aliphatic heterocycles. The van der Waals surface area contributed by atoms with Crippen LogP contribution < -0.4 is 10.3 Å². The van der Waals surface area contributed by atoms with Crippen molar-refractivity contribution in [1.82, 2.24) is 14.6 Å². The first-order valence-electron chi connectivity index (χ1n) is 5.49. The molecule has 2 aromatic heterocycles. The van der Waals surface area contributed by atoms with Crippen LogP contribution in [0.2, 0.25) is 0 Å². The van der Waals surface area contributed by atoms with Crippen molar-refractivity contribution < 1.29 is 4.74 Å². The number of hydrogen-bond acceptors (Lipinski definition) is 3. The van der Waals surface area contributed by atoms with Crippen molar-refractivity contribution >= 4 is 5.65 Å². The maximum Gasteiger partial charge on any atom is 0.266 e. The molecule has 0 amide bonds. The molecule has 0 radical (unpaired) electrons. The SMILES string of the molecule is COc1ccccc1-c1cnc2cc(=O)[nH]n2c1. The van der Waals surface area contributed by atoms with E-state index in [1.165, 1.54) is 6.07 Å². The van der Waals surface area contributed by atoms with E-state index in [1.54, 1.807) is 17.8 Å². The monoisotopic (exact) mass is 241 g/mol. The van der Waals surface area contributed by atoms with Gasteiger partial charge in [0, 0.05) is 29.6 Å². The fraction of sp³-hybridized carbons (Fsp3) is 0.0769. The van der Waals surface area contributed by atoms with Crippen molar-refractivity contribution in [1.29, 1.82) is 0 Å². The Morgan fingerprint density at radius 2 is 2.17 bits per heavy atom. The lowest BCUT2D eigenvalue weighted by molar-refractivity contribution is 0.416. The zero-order valence-corrected chi connectivity index (χ0v) is 9.75. The summed E-state index contributed by atoms with van der Waals surface area (Å²) in [6.07, 6.45) is 3.54. The van der Waals surface area contributed by atoms with E-state index >= 15 is 0 Å². The molecule has 5 nitrogen and oxygen atoms in total. The molecule has 1 N–H and O–H groups in total. The molecule has 5 heteroatoms. The highest BCUT2D eigenvalue weighted by Gasteiger charge is 2.06. The number of nitrogens with one attached hydrogen (secondary N) is 1. The number of H-pyrrole nitrogens is 1. The molecule has 0 unspecified atom stereocenters. The fourth-order valence-electron chi connectivity index (χ4n) is 1.92. The Kier molecular flexibility index (Phi) is 2.37. The average molecular weight is 241 g/mol. The van der Waals surface area contributed by atoms with Crippen molar-refractivity contribution in [3.05, 3.63) is 53.1 Å². The van der Waals surface area contributed by atoms with Crippen molar-refractivity contribution in [3.8, 4) is 16.9 Å². The molecule has 0 aliphatic rings. The normalized spacial score (nSPS) is 10.7. The summed E-state index contributed by atoms with van der Waals surface area (Å²) in [7, 11) is 1.63. The number of benzene rings is 1. The van der Waals surface area contributed by atoms with Gasteiger partial charge >= 0.3 is 0 Å². The van der Waals surface area contributed by atoms with Gasteiger partial charge in [0.25, 0.3) is 5.56 Å². The number of aromatic amines is 1. The van der Waals surface area contributed by atoms with Crippen LogP contribution in [0.5, 0.6) is 5.75 Å². The lowest BCUT2D eigenvalue weighted by Gasteiger charge is -2.07. The van der Waals surface area contributed by atoms with Crippen LogP contribution in [0.15, 0.2) is 47.5 Å². The minimum absolute atomic E-state index is 0.167. The summed E-state index contributed by atoms with van der Waals surface area (Å²) in [5.41, 5.74) is 2.24. The van der Waals surface area contributed by atoms with E-state index in [4.69, 9.17) is 4.74 Å². The van der Waals surface area contributed by atoms with E-state index in [1.807, 2.05) is 30.5 Å². The summed E-state index contributed by atoms with van der Waals surface area (Å²) in [6.45, 7) is 0. The highest BCUT2D eigenvalue weighted by Crippen LogP contribution is 2.28. The van der Waals surface area contributed by atoms with Gasteiger partial charge in [-0.05, 0) is 6.07 Å². The lowest BCUT2D eigenvalue weighted by Crippen LogP contribution is -1.99. The Balaban J connectivity index is 2.21. The first kappa shape index (κ1) is 10.6. The molecule has 0 fully saturated rings. The number of nitrogens with zero attached hydrogens (tertiary/aromatic N) is 2. The zero-order valence-electron chi connectivity index (χ0n) is 9.75. The summed E-state index contributed by atoms with van der Waals surface area (Å²) >= 11 is 0. The van der Waals surface area contributed by atoms with Gasteiger partial charge in [0.15, 0.2) is 5.65 Å². The molecule has 2 heterocycles. The molecule has 0 aliphatic carbocycles. The third kappa shape index (κ3) is 1.66. The van der Waals surface area contributed by atoms with Gasteiger partial charge < -0.3 is 4.74 Å². The van der Waals surface area contributed by atoms with Crippen LogP contribution >= 0.6 is 0 Å². The molecule has 0 spiro atoms. The maximum atomic E-state index is 11.2. The third-order valence-corrected chi connectivity index (χ3v) is 2.76. The second kappa shape index (κ2) is 4.03. The molecule has 3 aromatic rings. The average Bonchev–Trinajstić information content (AvgIpc) is 2.77. The maximum absolute atomic E-state index is 11.2. The van der Waals surface area contributed by atoms with E-state index in [9.17, 15) is 4.79 Å². The fourth-order valence-corrected chi connectivity index (χ4v) is 1.92. The van der Waals surface area contributed by atoms with Crippen LogP contribution in [0.25, 0.3) is 16.8 Å². The van der Waals surface area contributed by atoms with Crippen LogP contribution in [0.4, 0.5) is 0 Å². The van der Waals surface area contributed by atoms with Gasteiger partial charge in [-0.2, -0.15) is 0 Å². The summed E-state index contributed by atoms with van der Waals surface area (Å²) in [5.74, 6) is 0.771. The summed E-state index contributed by atoms with van der Waals surface area (Å²) in [6, 6.07) is 9.12. The largest absolute Gasteiger partial charge is 0.496 e. The molecule has 0 saturated heterocycles. The Hall–Kier alpha value is -2.56. The molecule has 1 aromatic carbocycles. The third-order valence-electron chi connectivity index (χ3n) is 2.76. The molecule has 18 heavy (non-hydrogen) atoms. The first-order chi connectivity index (χ1) is 8.78. The van der Waals surface area contributed by atoms with Crippen molar-refractivity contribution in [2.45, 2.75) is 0 Å². The topological polar surface area (TPSA) is 59.4 Å². The summed E-state index contributed by atoms with van der Waals surface area (Å²) < 4.78 is 6.91. The lowest BCUT2D eigenvalue weighted by atomic mass is 10.1. The highest BCUT2D eigenvalue weighted by atomic mass is 16.5. The predicted octanol–water partition coefficient (Wildman–Crippen LogP) is 1.70. The highest BCUT2D eigenvalue weighted by molar-refractivity contribution is 5.69. The second-order valence-corrected chi connectivity index (χ2v) is 3.89. The number of methoxy groups -OCH3 is 1. The summed E-state index contributed by atoms with van der Waals surface area (Å²) in [5, 5.41) is 2.66. The molecular formula is C13H11N3O2. The van der Waals surface area contributed by atoms with Crippen molar-refractivity contribution in [3.63, 3.8) is 0 Å². The minimum Gasteiger partial charge on any atom is -0.496 e. The van der Waals surface area contributed by atoms with Crippen LogP contribution in [-0.4, -0.2) is 21.7 Å². The van der Waals surface area contributed by atoms with Gasteiger partial charge in [-0.1, -0.05) is 18.2 Å². The van der Waals surface area contributed by atoms with E-state index in [-0.39, 0.29) is 5.56 Å². The molecular weight excluding hydrogens is 230 g/mol. The van der Waals surface area contributed by atoms with Gasteiger partial charge in [-0.15, -0.1) is 0 Å². The number of rotatable bonds is 2. The second-order valence-electron chi connectivity index (χ2n) is 3.89. The smallest absolute Gasteiger partial charge is 0.266 e. The predicted molar refractivity (Wildman–Crippen MR) is 67.8 cm³/mol. The van der Waals surface area contributed by atoms with E-state index < -0.39 is 0 Å². The van der Waals surface area contributed by atoms with Crippen LogP contribution in [0.1, 0.15) is 0 Å². The van der Waals surface area contributed by atoms with Crippen LogP contribution in [0.3, 0.4) is 0 Å². The standard InChI is InChI=1S/C13H11N3O2/c1-18-11-5-3-2-4-10(11)9-7-14-12-6-13(17)15-16(12)8-9/h2-8H,1H3,(H,15,17). The molecule has 0 bridgehead atoms. The number of aromatic nitrogens is 3. The van der Waals surface area contributed by atoms with Crippen LogP contribution in [0, 0.1) is 0 Å². The number of para-hydroxylation sites is 1. The van der Waals surface area contributed by atoms with Gasteiger partial charge in [0.1, 0.15) is 5.75 Å². The van der Waals surface area contributed by atoms with Gasteiger partial charge in [-0.25, -0.2) is 9.50 Å². The Morgan fingerprint density at radius 3 is 3.00 bits per heavy atom. The molecule has 0 saturated carbocycles. The number of hydrogen-bond donors (Lipinski definition) is 1. The first-order valence-corrected chi connectivity index (χ1v) is 5.49. The Morgan fingerprint density at radius 1 is 1.33 bits per heavy atom. The molecule has 0 atom stereocenters. The molecule has 3 rings (SSSR count). The van der Waals surface area contributed by atoms with E-state index in [2.05, 4.69) is 10.1 Å². The zero-order chi connectivity index (χ0) is 12.5. The van der Waals surface area contributed by atoms with Crippen molar-refractivity contribution in [2.24, 2.45) is 0 Å². The van der Waals surface area contributed by atoms with Crippen LogP contribution in [-0.2, 0) is 0 Å². The molecule has 90 valence electrons. The Bertz CT molecular complexity index is 758. The number of fused-ring (bicyclic) bond motifs is 1. The van der Waals surface area contributed by atoms with Gasteiger partial charge in [0.2, 0.25) is 0 Å². The summed E-state index contributed by atoms with van der Waals surface area (Å²) in [4.78, 5) is 15.4. The van der Waals surface area contributed by atoms with E-state index in [0.29, 0.717) is 5.65 Å².